The molecule has 1 saturated heterocycles. The number of benzene rings is 2. The summed E-state index contributed by atoms with van der Waals surface area (Å²) in [6.45, 7) is 5.77. The van der Waals surface area contributed by atoms with Gasteiger partial charge in [-0.25, -0.2) is 14.2 Å². The molecule has 198 valence electrons. The number of hydrogen-bond donors (Lipinski definition) is 1. The van der Waals surface area contributed by atoms with Crippen LogP contribution in [0.15, 0.2) is 48.0 Å². The van der Waals surface area contributed by atoms with Crippen molar-refractivity contribution in [3.8, 4) is 5.75 Å². The summed E-state index contributed by atoms with van der Waals surface area (Å²) in [6.07, 6.45) is 1.87. The van der Waals surface area contributed by atoms with E-state index in [0.29, 0.717) is 29.2 Å². The predicted octanol–water partition coefficient (Wildman–Crippen LogP) is 5.49. The quantitative estimate of drug-likeness (QED) is 0.133. The monoisotopic (exact) mass is 538 g/mol. The minimum atomic E-state index is -1.08. The molecule has 8 nitrogen and oxygen atoms in total. The highest BCUT2D eigenvalue weighted by molar-refractivity contribution is 7.17. The number of carbonyl (C=O) groups is 3. The highest BCUT2D eigenvalue weighted by atomic mass is 32.1. The van der Waals surface area contributed by atoms with Gasteiger partial charge in [0.2, 0.25) is 0 Å². The average molecular weight is 539 g/mol. The van der Waals surface area contributed by atoms with Crippen molar-refractivity contribution in [3.63, 3.8) is 0 Å². The van der Waals surface area contributed by atoms with E-state index in [9.17, 15) is 23.9 Å². The molecule has 0 unspecified atom stereocenters. The minimum Gasteiger partial charge on any atom is -0.507 e. The maximum atomic E-state index is 14.3. The van der Waals surface area contributed by atoms with Crippen LogP contribution < -0.4 is 9.64 Å². The zero-order valence-corrected chi connectivity index (χ0v) is 22.2. The average Bonchev–Trinajstić information content (AvgIpc) is 3.42. The van der Waals surface area contributed by atoms with Gasteiger partial charge in [0.25, 0.3) is 5.78 Å². The second-order valence-electron chi connectivity index (χ2n) is 8.81. The number of aromatic nitrogens is 1. The number of esters is 1. The Balaban J connectivity index is 1.86. The van der Waals surface area contributed by atoms with Crippen LogP contribution in [0.25, 0.3) is 5.76 Å². The van der Waals surface area contributed by atoms with E-state index in [1.807, 2.05) is 0 Å². The molecule has 3 aromatic rings. The van der Waals surface area contributed by atoms with Gasteiger partial charge < -0.3 is 14.6 Å². The molecule has 38 heavy (non-hydrogen) atoms. The zero-order chi connectivity index (χ0) is 27.6. The summed E-state index contributed by atoms with van der Waals surface area (Å²) in [4.78, 5) is 44.6. The molecule has 2 heterocycles. The van der Waals surface area contributed by atoms with E-state index in [4.69, 9.17) is 9.47 Å². The molecular weight excluding hydrogens is 511 g/mol. The van der Waals surface area contributed by atoms with Crippen LogP contribution in [0.5, 0.6) is 5.75 Å². The van der Waals surface area contributed by atoms with Gasteiger partial charge in [0.15, 0.2) is 5.13 Å². The molecule has 0 saturated carbocycles. The van der Waals surface area contributed by atoms with Crippen LogP contribution in [-0.2, 0) is 14.3 Å². The first-order valence-corrected chi connectivity index (χ1v) is 12.9. The van der Waals surface area contributed by atoms with Gasteiger partial charge in [-0.2, -0.15) is 0 Å². The fraction of sp³-hybridized carbons (Fsp3) is 0.286. The Morgan fingerprint density at radius 1 is 1.16 bits per heavy atom. The Bertz CT molecular complexity index is 1430. The summed E-state index contributed by atoms with van der Waals surface area (Å²) in [5.41, 5.74) is 1.03. The van der Waals surface area contributed by atoms with Crippen molar-refractivity contribution < 1.29 is 33.4 Å². The molecule has 0 spiro atoms. The third-order valence-corrected chi connectivity index (χ3v) is 7.35. The van der Waals surface area contributed by atoms with Crippen molar-refractivity contribution in [2.75, 3.05) is 18.6 Å². The SMILES string of the molecule is CCCCOc1ccc([C@H]2C(=C(O)c3ccc(C)c(F)c3)C(=O)C(=O)N2c2nc(C)c(C(=O)OC)s2)cc1. The van der Waals surface area contributed by atoms with Crippen LogP contribution in [0.4, 0.5) is 9.52 Å². The highest BCUT2D eigenvalue weighted by Gasteiger charge is 2.48. The number of ether oxygens (including phenoxy) is 2. The van der Waals surface area contributed by atoms with Crippen molar-refractivity contribution in [1.82, 2.24) is 4.98 Å². The first-order chi connectivity index (χ1) is 18.2. The molecular formula is C28H27FN2O6S. The van der Waals surface area contributed by atoms with Gasteiger partial charge >= 0.3 is 11.9 Å². The number of aryl methyl sites for hydroxylation is 2. The number of rotatable bonds is 8. The second-order valence-corrected chi connectivity index (χ2v) is 9.78. The largest absolute Gasteiger partial charge is 0.507 e. The van der Waals surface area contributed by atoms with Crippen LogP contribution in [-0.4, -0.2) is 41.5 Å². The van der Waals surface area contributed by atoms with Gasteiger partial charge in [0, 0.05) is 5.56 Å². The summed E-state index contributed by atoms with van der Waals surface area (Å²) in [6, 6.07) is 9.79. The number of hydrogen-bond acceptors (Lipinski definition) is 8. The van der Waals surface area contributed by atoms with Gasteiger partial charge in [-0.05, 0) is 49.6 Å². The lowest BCUT2D eigenvalue weighted by Crippen LogP contribution is -2.29. The van der Waals surface area contributed by atoms with Crippen molar-refractivity contribution in [2.45, 2.75) is 39.7 Å². The molecule has 1 aliphatic heterocycles. The van der Waals surface area contributed by atoms with Gasteiger partial charge in [-0.3, -0.25) is 14.5 Å². The van der Waals surface area contributed by atoms with Crippen molar-refractivity contribution >= 4 is 39.9 Å². The Hall–Kier alpha value is -4.05. The van der Waals surface area contributed by atoms with Gasteiger partial charge in [0.05, 0.1) is 31.0 Å². The molecule has 10 heteroatoms. The normalized spacial score (nSPS) is 16.7. The van der Waals surface area contributed by atoms with E-state index in [-0.39, 0.29) is 21.1 Å². The summed E-state index contributed by atoms with van der Waals surface area (Å²) >= 11 is 0.903. The summed E-state index contributed by atoms with van der Waals surface area (Å²) < 4.78 is 24.9. The van der Waals surface area contributed by atoms with Gasteiger partial charge in [-0.1, -0.05) is 48.9 Å². The lowest BCUT2D eigenvalue weighted by atomic mass is 9.95. The van der Waals surface area contributed by atoms with E-state index in [0.717, 1.165) is 35.1 Å². The number of anilines is 1. The third kappa shape index (κ3) is 5.04. The summed E-state index contributed by atoms with van der Waals surface area (Å²) in [5.74, 6) is -2.98. The molecule has 1 fully saturated rings. The Labute approximate surface area is 223 Å². The van der Waals surface area contributed by atoms with Crippen molar-refractivity contribution in [2.24, 2.45) is 0 Å². The van der Waals surface area contributed by atoms with Crippen molar-refractivity contribution in [3.05, 3.63) is 81.1 Å². The second kappa shape index (κ2) is 11.1. The number of aliphatic hydroxyl groups is 1. The van der Waals surface area contributed by atoms with Crippen LogP contribution in [0.1, 0.15) is 57.9 Å². The molecule has 1 aromatic heterocycles. The van der Waals surface area contributed by atoms with Crippen LogP contribution in [0, 0.1) is 19.7 Å². The third-order valence-electron chi connectivity index (χ3n) is 6.21. The fourth-order valence-corrected chi connectivity index (χ4v) is 5.10. The Morgan fingerprint density at radius 3 is 2.50 bits per heavy atom. The van der Waals surface area contributed by atoms with E-state index in [1.54, 1.807) is 38.1 Å². The molecule has 4 rings (SSSR count). The number of nitrogens with zero attached hydrogens (tertiary/aromatic N) is 2. The number of unbranched alkanes of at least 4 members (excludes halogenated alkanes) is 1. The molecule has 1 atom stereocenters. The molecule has 0 bridgehead atoms. The lowest BCUT2D eigenvalue weighted by molar-refractivity contribution is -0.132. The van der Waals surface area contributed by atoms with E-state index < -0.39 is 35.3 Å². The molecule has 2 aromatic carbocycles. The van der Waals surface area contributed by atoms with Crippen LogP contribution in [0.3, 0.4) is 0 Å². The van der Waals surface area contributed by atoms with Crippen molar-refractivity contribution in [1.29, 1.82) is 0 Å². The van der Waals surface area contributed by atoms with E-state index in [2.05, 4.69) is 11.9 Å². The summed E-state index contributed by atoms with van der Waals surface area (Å²) in [5, 5.41) is 11.3. The smallest absolute Gasteiger partial charge is 0.350 e. The van der Waals surface area contributed by atoms with E-state index >= 15 is 0 Å². The van der Waals surface area contributed by atoms with Crippen LogP contribution in [0.2, 0.25) is 0 Å². The number of methoxy groups -OCH3 is 1. The molecule has 1 amide bonds. The highest BCUT2D eigenvalue weighted by Crippen LogP contribution is 2.44. The summed E-state index contributed by atoms with van der Waals surface area (Å²) in [7, 11) is 1.23. The minimum absolute atomic E-state index is 0.0567. The Kier molecular flexibility index (Phi) is 7.91. The molecule has 1 N–H and O–H groups in total. The first-order valence-electron chi connectivity index (χ1n) is 12.0. The molecule has 0 radical (unpaired) electrons. The zero-order valence-electron chi connectivity index (χ0n) is 21.4. The number of ketones is 1. The van der Waals surface area contributed by atoms with Gasteiger partial charge in [0.1, 0.15) is 22.2 Å². The number of carbonyl (C=O) groups excluding carboxylic acids is 3. The molecule has 0 aliphatic carbocycles. The standard InChI is InChI=1S/C28H27FN2O6S/c1-5-6-13-37-19-11-9-17(10-12-19)22-21(23(32)18-8-7-15(2)20(29)14-18)24(33)26(34)31(22)28-30-16(3)25(38-28)27(35)36-4/h7-12,14,22,32H,5-6,13H2,1-4H3/t22-/m0/s1. The fourth-order valence-electron chi connectivity index (χ4n) is 4.09. The number of aliphatic hydroxyl groups excluding tert-OH is 1. The number of halogens is 1. The maximum Gasteiger partial charge on any atom is 0.350 e. The topological polar surface area (TPSA) is 106 Å². The number of Topliss-reactive ketones (excluding diaryl/α,β-unsaturated/α-hetero) is 1. The van der Waals surface area contributed by atoms with Crippen LogP contribution >= 0.6 is 11.3 Å². The number of amides is 1. The van der Waals surface area contributed by atoms with E-state index in [1.165, 1.54) is 19.2 Å². The number of thiazole rings is 1. The maximum absolute atomic E-state index is 14.3. The Morgan fingerprint density at radius 2 is 1.87 bits per heavy atom. The first kappa shape index (κ1) is 27.0. The molecule has 1 aliphatic rings. The lowest BCUT2D eigenvalue weighted by Gasteiger charge is -2.23. The predicted molar refractivity (Wildman–Crippen MR) is 141 cm³/mol. The van der Waals surface area contributed by atoms with Gasteiger partial charge in [-0.15, -0.1) is 0 Å².